The second-order valence-corrected chi connectivity index (χ2v) is 5.44. The fourth-order valence-electron chi connectivity index (χ4n) is 0.903. The van der Waals surface area contributed by atoms with Gasteiger partial charge in [0.05, 0.1) is 5.75 Å². The Bertz CT molecular complexity index is 416. The predicted octanol–water partition coefficient (Wildman–Crippen LogP) is 2.50. The van der Waals surface area contributed by atoms with Crippen molar-refractivity contribution in [2.24, 2.45) is 0 Å². The molecule has 0 atom stereocenters. The summed E-state index contributed by atoms with van der Waals surface area (Å²) in [4.78, 5) is 2.31. The zero-order valence-electron chi connectivity index (χ0n) is 8.44. The number of halogens is 7. The van der Waals surface area contributed by atoms with Crippen LogP contribution in [0.2, 0.25) is 0 Å². The van der Waals surface area contributed by atoms with E-state index in [1.54, 1.807) is 0 Å². The second-order valence-electron chi connectivity index (χ2n) is 3.28. The van der Waals surface area contributed by atoms with Crippen molar-refractivity contribution in [3.63, 3.8) is 0 Å². The monoisotopic (exact) mass is 301 g/mol. The Balaban J connectivity index is 5.17. The molecule has 0 aromatic rings. The second kappa shape index (κ2) is 4.91. The molecule has 0 saturated carbocycles. The first-order valence-electron chi connectivity index (χ1n) is 4.13. The van der Waals surface area contributed by atoms with Crippen LogP contribution in [0.3, 0.4) is 0 Å². The lowest BCUT2D eigenvalue weighted by molar-refractivity contribution is -0.341. The van der Waals surface area contributed by atoms with Gasteiger partial charge in [-0.3, -0.25) is 4.85 Å². The van der Waals surface area contributed by atoms with Gasteiger partial charge in [-0.05, 0) is 0 Å². The summed E-state index contributed by atoms with van der Waals surface area (Å²) in [6.07, 6.45) is -14.9. The molecule has 0 bridgehead atoms. The zero-order chi connectivity index (χ0) is 14.8. The van der Waals surface area contributed by atoms with E-state index in [0.717, 1.165) is 0 Å². The Morgan fingerprint density at radius 3 is 1.61 bits per heavy atom. The lowest BCUT2D eigenvalue weighted by atomic mass is 10.0. The summed E-state index contributed by atoms with van der Waals surface area (Å²) < 4.78 is 107. The minimum Gasteiger partial charge on any atom is -0.300 e. The molecule has 18 heavy (non-hydrogen) atoms. The average Bonchev–Trinajstić information content (AvgIpc) is 2.10. The summed E-state index contributed by atoms with van der Waals surface area (Å²) in [5, 5.41) is 0. The van der Waals surface area contributed by atoms with Crippen LogP contribution in [-0.4, -0.2) is 38.1 Å². The van der Waals surface area contributed by atoms with Crippen molar-refractivity contribution in [2.45, 2.75) is 24.4 Å². The van der Waals surface area contributed by atoms with Crippen LogP contribution in [0, 0.1) is 6.57 Å². The van der Waals surface area contributed by atoms with Crippen molar-refractivity contribution in [2.75, 3.05) is 11.6 Å². The van der Waals surface area contributed by atoms with Gasteiger partial charge >= 0.3 is 18.2 Å². The van der Waals surface area contributed by atoms with Crippen molar-refractivity contribution in [1.82, 2.24) is 0 Å². The zero-order valence-corrected chi connectivity index (χ0v) is 9.26. The molecule has 0 aliphatic rings. The maximum atomic E-state index is 13.0. The highest BCUT2D eigenvalue weighted by molar-refractivity contribution is 7.91. The van der Waals surface area contributed by atoms with E-state index in [1.807, 2.05) is 0 Å². The topological polar surface area (TPSA) is 38.5 Å². The molecule has 106 valence electrons. The van der Waals surface area contributed by atoms with E-state index in [9.17, 15) is 39.2 Å². The van der Waals surface area contributed by atoms with Gasteiger partial charge in [-0.1, -0.05) is 0 Å². The highest BCUT2D eigenvalue weighted by Gasteiger charge is 2.72. The van der Waals surface area contributed by atoms with Crippen LogP contribution in [0.4, 0.5) is 30.7 Å². The van der Waals surface area contributed by atoms with Gasteiger partial charge in [-0.15, -0.1) is 0 Å². The van der Waals surface area contributed by atoms with Crippen molar-refractivity contribution in [3.05, 3.63) is 11.4 Å². The molecular formula is C7H6F7NO2S. The molecule has 0 heterocycles. The molecule has 0 N–H and O–H groups in total. The fraction of sp³-hybridized carbons (Fsp3) is 0.857. The predicted molar refractivity (Wildman–Crippen MR) is 45.8 cm³/mol. The van der Waals surface area contributed by atoms with Crippen LogP contribution >= 0.6 is 0 Å². The summed E-state index contributed by atoms with van der Waals surface area (Å²) in [5.74, 6) is -3.01. The van der Waals surface area contributed by atoms with E-state index in [-0.39, 0.29) is 0 Å². The molecule has 0 aromatic heterocycles. The number of nitrogens with zero attached hydrogens (tertiary/aromatic N) is 1. The van der Waals surface area contributed by atoms with Crippen LogP contribution in [0.1, 0.15) is 6.42 Å². The van der Waals surface area contributed by atoms with Crippen molar-refractivity contribution >= 4 is 9.84 Å². The summed E-state index contributed by atoms with van der Waals surface area (Å²) in [6.45, 7) is 6.15. The molecule has 0 aromatic carbocycles. The fourth-order valence-corrected chi connectivity index (χ4v) is 1.82. The first-order chi connectivity index (χ1) is 7.77. The summed E-state index contributed by atoms with van der Waals surface area (Å²) in [7, 11) is -4.48. The Labute approximate surface area is 97.3 Å². The number of sulfone groups is 1. The minimum atomic E-state index is -6.28. The highest BCUT2D eigenvalue weighted by atomic mass is 32.2. The Morgan fingerprint density at radius 2 is 1.33 bits per heavy atom. The van der Waals surface area contributed by atoms with Crippen LogP contribution in [-0.2, 0) is 9.84 Å². The Kier molecular flexibility index (Phi) is 4.62. The molecule has 0 fully saturated rings. The average molecular weight is 301 g/mol. The SMILES string of the molecule is [C-]#[N+]CS(=O)(=O)CCC(F)(C(F)(F)F)C(F)(F)F. The number of alkyl halides is 7. The number of hydrogen-bond acceptors (Lipinski definition) is 2. The normalized spacial score (nSPS) is 14.3. The Hall–Kier alpha value is -1.05. The first-order valence-corrected chi connectivity index (χ1v) is 5.95. The third kappa shape index (κ3) is 3.72. The van der Waals surface area contributed by atoms with E-state index in [0.29, 0.717) is 0 Å². The van der Waals surface area contributed by atoms with Crippen molar-refractivity contribution < 1.29 is 39.2 Å². The summed E-state index contributed by atoms with van der Waals surface area (Å²) >= 11 is 0. The molecular weight excluding hydrogens is 295 g/mol. The lowest BCUT2D eigenvalue weighted by Crippen LogP contribution is -2.54. The third-order valence-electron chi connectivity index (χ3n) is 1.92. The molecule has 0 spiro atoms. The molecule has 0 rings (SSSR count). The van der Waals surface area contributed by atoms with E-state index in [2.05, 4.69) is 4.85 Å². The highest BCUT2D eigenvalue weighted by Crippen LogP contribution is 2.48. The van der Waals surface area contributed by atoms with Gasteiger partial charge in [0.15, 0.2) is 0 Å². The smallest absolute Gasteiger partial charge is 0.300 e. The largest absolute Gasteiger partial charge is 0.431 e. The molecule has 0 aliphatic carbocycles. The van der Waals surface area contributed by atoms with Gasteiger partial charge in [0.25, 0.3) is 5.67 Å². The molecule has 0 amide bonds. The standard InChI is InChI=1S/C7H6F7NO2S/c1-15-4-18(16,17)3-2-5(8,6(9,10)11)7(12,13)14/h2-4H2. The third-order valence-corrected chi connectivity index (χ3v) is 3.27. The van der Waals surface area contributed by atoms with E-state index in [1.165, 1.54) is 0 Å². The van der Waals surface area contributed by atoms with Gasteiger partial charge in [0.2, 0.25) is 9.84 Å². The molecule has 0 unspecified atom stereocenters. The number of rotatable bonds is 4. The first kappa shape index (κ1) is 16.9. The van der Waals surface area contributed by atoms with Gasteiger partial charge in [0, 0.05) is 6.42 Å². The van der Waals surface area contributed by atoms with Gasteiger partial charge < -0.3 is 0 Å². The molecule has 0 radical (unpaired) electrons. The van der Waals surface area contributed by atoms with Crippen LogP contribution in [0.5, 0.6) is 0 Å². The van der Waals surface area contributed by atoms with Crippen molar-refractivity contribution in [3.8, 4) is 0 Å². The number of hydrogen-bond donors (Lipinski definition) is 0. The van der Waals surface area contributed by atoms with Crippen LogP contribution < -0.4 is 0 Å². The maximum Gasteiger partial charge on any atom is 0.431 e. The molecule has 11 heteroatoms. The van der Waals surface area contributed by atoms with Gasteiger partial charge in [-0.25, -0.2) is 19.4 Å². The van der Waals surface area contributed by atoms with Gasteiger partial charge in [0.1, 0.15) is 0 Å². The van der Waals surface area contributed by atoms with Crippen molar-refractivity contribution in [1.29, 1.82) is 0 Å². The maximum absolute atomic E-state index is 13.0. The summed E-state index contributed by atoms with van der Waals surface area (Å²) in [5.41, 5.74) is -5.60. The Morgan fingerprint density at radius 1 is 0.944 bits per heavy atom. The van der Waals surface area contributed by atoms with Crippen LogP contribution in [0.15, 0.2) is 0 Å². The molecule has 0 aliphatic heterocycles. The van der Waals surface area contributed by atoms with E-state index < -0.39 is 45.9 Å². The molecule has 3 nitrogen and oxygen atoms in total. The molecule has 0 saturated heterocycles. The van der Waals surface area contributed by atoms with Crippen LogP contribution in [0.25, 0.3) is 4.85 Å². The van der Waals surface area contributed by atoms with E-state index in [4.69, 9.17) is 6.57 Å². The minimum absolute atomic E-state index is 1.29. The quantitative estimate of drug-likeness (QED) is 0.591. The van der Waals surface area contributed by atoms with Gasteiger partial charge in [-0.2, -0.15) is 26.3 Å². The van der Waals surface area contributed by atoms with E-state index >= 15 is 0 Å². The lowest BCUT2D eigenvalue weighted by Gasteiger charge is -2.29. The summed E-state index contributed by atoms with van der Waals surface area (Å²) in [6, 6.07) is 0.